The molecule has 0 saturated heterocycles. The number of hydrogen-bond acceptors (Lipinski definition) is 1. The van der Waals surface area contributed by atoms with E-state index in [9.17, 15) is 0 Å². The van der Waals surface area contributed by atoms with E-state index in [0.29, 0.717) is 0 Å². The zero-order valence-corrected chi connectivity index (χ0v) is 18.6. The van der Waals surface area contributed by atoms with Crippen LogP contribution in [0.25, 0.3) is 27.5 Å². The zero-order valence-electron chi connectivity index (χ0n) is 18.6. The monoisotopic (exact) mass is 399 g/mol. The molecule has 30 heavy (non-hydrogen) atoms. The molecule has 2 heteroatoms. The van der Waals surface area contributed by atoms with Crippen LogP contribution in [0.5, 0.6) is 5.75 Å². The second kappa shape index (κ2) is 9.38. The number of aromatic nitrogens is 1. The molecule has 4 aromatic rings. The van der Waals surface area contributed by atoms with Crippen LogP contribution < -0.4 is 4.74 Å². The van der Waals surface area contributed by atoms with Gasteiger partial charge in [0.25, 0.3) is 0 Å². The van der Waals surface area contributed by atoms with Crippen molar-refractivity contribution >= 4 is 21.8 Å². The summed E-state index contributed by atoms with van der Waals surface area (Å²) < 4.78 is 8.59. The van der Waals surface area contributed by atoms with E-state index in [1.165, 1.54) is 70.7 Å². The summed E-state index contributed by atoms with van der Waals surface area (Å²) in [6.45, 7) is 7.40. The first-order chi connectivity index (χ1) is 14.7. The predicted octanol–water partition coefficient (Wildman–Crippen LogP) is 8.14. The first-order valence-corrected chi connectivity index (χ1v) is 11.4. The molecule has 2 nitrogen and oxygen atoms in total. The lowest BCUT2D eigenvalue weighted by molar-refractivity contribution is 0.300. The summed E-state index contributed by atoms with van der Waals surface area (Å²) in [5.74, 6) is 1.05. The molecule has 0 spiro atoms. The summed E-state index contributed by atoms with van der Waals surface area (Å²) in [7, 11) is 0. The normalized spacial score (nSPS) is 11.4. The van der Waals surface area contributed by atoms with Crippen LogP contribution in [0.4, 0.5) is 0 Å². The Labute approximate surface area is 180 Å². The molecule has 3 aromatic carbocycles. The van der Waals surface area contributed by atoms with Crippen molar-refractivity contribution in [2.75, 3.05) is 6.61 Å². The average molecular weight is 400 g/mol. The van der Waals surface area contributed by atoms with Crippen LogP contribution in [0.3, 0.4) is 0 Å². The van der Waals surface area contributed by atoms with E-state index < -0.39 is 0 Å². The van der Waals surface area contributed by atoms with Crippen molar-refractivity contribution in [3.63, 3.8) is 0 Å². The van der Waals surface area contributed by atoms with Gasteiger partial charge in [0.15, 0.2) is 0 Å². The molecule has 0 unspecified atom stereocenters. The summed E-state index contributed by atoms with van der Waals surface area (Å²) >= 11 is 0. The Bertz CT molecular complexity index is 1060. The molecule has 0 fully saturated rings. The van der Waals surface area contributed by atoms with Gasteiger partial charge in [-0.1, -0.05) is 75.4 Å². The van der Waals surface area contributed by atoms with Gasteiger partial charge in [-0.2, -0.15) is 0 Å². The minimum absolute atomic E-state index is 0.808. The van der Waals surface area contributed by atoms with Gasteiger partial charge in [0.2, 0.25) is 0 Å². The molecular formula is C28H33NO. The molecule has 1 aromatic heterocycles. The molecule has 0 bridgehead atoms. The third-order valence-corrected chi connectivity index (χ3v) is 6.03. The fraction of sp³-hybridized carbons (Fsp3) is 0.357. The second-order valence-electron chi connectivity index (χ2n) is 8.39. The highest BCUT2D eigenvalue weighted by Crippen LogP contribution is 2.34. The largest absolute Gasteiger partial charge is 0.493 e. The zero-order chi connectivity index (χ0) is 20.9. The minimum atomic E-state index is 0.808. The first kappa shape index (κ1) is 20.5. The molecule has 0 saturated carbocycles. The predicted molar refractivity (Wildman–Crippen MR) is 129 cm³/mol. The Balaban J connectivity index is 1.59. The van der Waals surface area contributed by atoms with Crippen LogP contribution in [-0.4, -0.2) is 11.2 Å². The van der Waals surface area contributed by atoms with Crippen LogP contribution in [0, 0.1) is 13.8 Å². The maximum atomic E-state index is 6.21. The SMILES string of the molecule is CCCCCCCCOc1c(C)cc(-n2c3ccccc3c3ccccc32)cc1C. The quantitative estimate of drug-likeness (QED) is 0.259. The van der Waals surface area contributed by atoms with Crippen molar-refractivity contribution in [3.8, 4) is 11.4 Å². The highest BCUT2D eigenvalue weighted by atomic mass is 16.5. The lowest BCUT2D eigenvalue weighted by atomic mass is 10.1. The summed E-state index contributed by atoms with van der Waals surface area (Å²) in [6.07, 6.45) is 7.72. The van der Waals surface area contributed by atoms with Crippen molar-refractivity contribution in [2.45, 2.75) is 59.3 Å². The van der Waals surface area contributed by atoms with Crippen LogP contribution in [0.15, 0.2) is 60.7 Å². The van der Waals surface area contributed by atoms with Gasteiger partial charge in [0.1, 0.15) is 5.75 Å². The maximum Gasteiger partial charge on any atom is 0.125 e. The number of unbranched alkanes of at least 4 members (excludes halogenated alkanes) is 5. The molecule has 0 N–H and O–H groups in total. The Morgan fingerprint density at radius 2 is 1.23 bits per heavy atom. The van der Waals surface area contributed by atoms with Crippen molar-refractivity contribution in [1.29, 1.82) is 0 Å². The van der Waals surface area contributed by atoms with Gasteiger partial charge in [-0.25, -0.2) is 0 Å². The van der Waals surface area contributed by atoms with Crippen LogP contribution in [0.2, 0.25) is 0 Å². The minimum Gasteiger partial charge on any atom is -0.493 e. The standard InChI is InChI=1S/C28H33NO/c1-4-5-6-7-8-13-18-30-28-21(2)19-23(20-22(28)3)29-26-16-11-9-14-24(26)25-15-10-12-17-27(25)29/h9-12,14-17,19-20H,4-8,13,18H2,1-3H3. The number of hydrogen-bond donors (Lipinski definition) is 0. The van der Waals surface area contributed by atoms with E-state index in [4.69, 9.17) is 4.74 Å². The highest BCUT2D eigenvalue weighted by Gasteiger charge is 2.14. The summed E-state index contributed by atoms with van der Waals surface area (Å²) in [4.78, 5) is 0. The topological polar surface area (TPSA) is 14.2 Å². The molecule has 0 aliphatic carbocycles. The molecule has 0 aliphatic rings. The average Bonchev–Trinajstić information content (AvgIpc) is 3.09. The molecule has 4 rings (SSSR count). The van der Waals surface area contributed by atoms with E-state index >= 15 is 0 Å². The van der Waals surface area contributed by atoms with Gasteiger partial charge in [-0.05, 0) is 55.7 Å². The van der Waals surface area contributed by atoms with Crippen molar-refractivity contribution in [1.82, 2.24) is 4.57 Å². The fourth-order valence-electron chi connectivity index (χ4n) is 4.54. The van der Waals surface area contributed by atoms with E-state index in [2.05, 4.69) is 86.0 Å². The Morgan fingerprint density at radius 3 is 1.83 bits per heavy atom. The molecular weight excluding hydrogens is 366 g/mol. The lowest BCUT2D eigenvalue weighted by Gasteiger charge is -2.16. The van der Waals surface area contributed by atoms with Gasteiger partial charge in [0.05, 0.1) is 17.6 Å². The van der Waals surface area contributed by atoms with E-state index in [0.717, 1.165) is 18.8 Å². The van der Waals surface area contributed by atoms with E-state index in [1.807, 2.05) is 0 Å². The number of ether oxygens (including phenoxy) is 1. The molecule has 0 atom stereocenters. The van der Waals surface area contributed by atoms with E-state index in [1.54, 1.807) is 0 Å². The molecule has 0 aliphatic heterocycles. The van der Waals surface area contributed by atoms with Crippen molar-refractivity contribution < 1.29 is 4.74 Å². The van der Waals surface area contributed by atoms with Gasteiger partial charge in [-0.3, -0.25) is 0 Å². The highest BCUT2D eigenvalue weighted by molar-refractivity contribution is 6.09. The smallest absolute Gasteiger partial charge is 0.125 e. The summed E-state index contributed by atoms with van der Waals surface area (Å²) in [5.41, 5.74) is 6.11. The Morgan fingerprint density at radius 1 is 0.700 bits per heavy atom. The third kappa shape index (κ3) is 4.09. The number of para-hydroxylation sites is 2. The van der Waals surface area contributed by atoms with Crippen molar-refractivity contribution in [3.05, 3.63) is 71.8 Å². The molecule has 0 amide bonds. The number of nitrogens with zero attached hydrogens (tertiary/aromatic N) is 1. The summed E-state index contributed by atoms with van der Waals surface area (Å²) in [6, 6.07) is 21.9. The Hall–Kier alpha value is -2.74. The lowest BCUT2D eigenvalue weighted by Crippen LogP contribution is -2.03. The summed E-state index contributed by atoms with van der Waals surface area (Å²) in [5, 5.41) is 2.60. The maximum absolute atomic E-state index is 6.21. The second-order valence-corrected chi connectivity index (χ2v) is 8.39. The third-order valence-electron chi connectivity index (χ3n) is 6.03. The van der Waals surface area contributed by atoms with Gasteiger partial charge in [0, 0.05) is 16.5 Å². The number of benzene rings is 3. The first-order valence-electron chi connectivity index (χ1n) is 11.4. The van der Waals surface area contributed by atoms with E-state index in [-0.39, 0.29) is 0 Å². The Kier molecular flexibility index (Phi) is 6.42. The molecule has 0 radical (unpaired) electrons. The number of fused-ring (bicyclic) bond motifs is 3. The van der Waals surface area contributed by atoms with Crippen LogP contribution in [0.1, 0.15) is 56.6 Å². The number of rotatable bonds is 9. The molecule has 1 heterocycles. The van der Waals surface area contributed by atoms with Gasteiger partial charge in [-0.15, -0.1) is 0 Å². The molecule has 156 valence electrons. The number of aryl methyl sites for hydroxylation is 2. The fourth-order valence-corrected chi connectivity index (χ4v) is 4.54. The van der Waals surface area contributed by atoms with Gasteiger partial charge < -0.3 is 9.30 Å². The van der Waals surface area contributed by atoms with Gasteiger partial charge >= 0.3 is 0 Å². The van der Waals surface area contributed by atoms with Crippen molar-refractivity contribution in [2.24, 2.45) is 0 Å². The van der Waals surface area contributed by atoms with Crippen LogP contribution >= 0.6 is 0 Å². The van der Waals surface area contributed by atoms with Crippen LogP contribution in [-0.2, 0) is 0 Å².